The molecule has 0 atom stereocenters. The second-order valence-electron chi connectivity index (χ2n) is 2.50. The molecule has 0 aliphatic heterocycles. The molecule has 1 rings (SSSR count). The number of methoxy groups -OCH3 is 1. The molecule has 0 radical (unpaired) electrons. The molecule has 3 nitrogen and oxygen atoms in total. The highest BCUT2D eigenvalue weighted by atomic mass is 35.5. The van der Waals surface area contributed by atoms with E-state index in [-0.39, 0.29) is 0 Å². The molecular weight excluding hydrogens is 190 g/mol. The van der Waals surface area contributed by atoms with Crippen LogP contribution in [0.1, 0.15) is 12.5 Å². The van der Waals surface area contributed by atoms with Crippen LogP contribution >= 0.6 is 11.6 Å². The zero-order chi connectivity index (χ0) is 9.84. The summed E-state index contributed by atoms with van der Waals surface area (Å²) < 4.78 is 10.4. The maximum absolute atomic E-state index is 5.81. The molecule has 0 aromatic carbocycles. The molecule has 0 unspecified atom stereocenters. The molecule has 0 aliphatic carbocycles. The van der Waals surface area contributed by atoms with Gasteiger partial charge in [-0.25, -0.2) is 4.98 Å². The van der Waals surface area contributed by atoms with E-state index in [0.29, 0.717) is 23.3 Å². The highest BCUT2D eigenvalue weighted by Gasteiger charge is 2.10. The Morgan fingerprint density at radius 3 is 2.77 bits per heavy atom. The minimum atomic E-state index is 0.364. The van der Waals surface area contributed by atoms with Gasteiger partial charge in [0.25, 0.3) is 0 Å². The Morgan fingerprint density at radius 2 is 2.23 bits per heavy atom. The van der Waals surface area contributed by atoms with Gasteiger partial charge >= 0.3 is 0 Å². The smallest absolute Gasteiger partial charge is 0.171 e. The molecule has 1 aromatic rings. The van der Waals surface area contributed by atoms with Gasteiger partial charge < -0.3 is 9.47 Å². The van der Waals surface area contributed by atoms with Gasteiger partial charge in [-0.1, -0.05) is 11.6 Å². The molecule has 0 amide bonds. The Kier molecular flexibility index (Phi) is 3.37. The van der Waals surface area contributed by atoms with E-state index in [4.69, 9.17) is 21.1 Å². The minimum absolute atomic E-state index is 0.364. The summed E-state index contributed by atoms with van der Waals surface area (Å²) in [7, 11) is 1.56. The summed E-state index contributed by atoms with van der Waals surface area (Å²) in [6.07, 6.45) is 1.60. The third-order valence-corrected chi connectivity index (χ3v) is 1.97. The maximum Gasteiger partial charge on any atom is 0.171 e. The predicted molar refractivity (Wildman–Crippen MR) is 51.7 cm³/mol. The second kappa shape index (κ2) is 4.33. The topological polar surface area (TPSA) is 31.4 Å². The molecule has 0 spiro atoms. The number of hydrogen-bond acceptors (Lipinski definition) is 3. The Labute approximate surface area is 82.6 Å². The Bertz CT molecular complexity index is 302. The zero-order valence-electron chi connectivity index (χ0n) is 7.93. The van der Waals surface area contributed by atoms with Crippen molar-refractivity contribution in [2.45, 2.75) is 13.8 Å². The monoisotopic (exact) mass is 201 g/mol. The first kappa shape index (κ1) is 10.1. The van der Waals surface area contributed by atoms with Crippen LogP contribution in [0.25, 0.3) is 0 Å². The number of aromatic nitrogens is 1. The van der Waals surface area contributed by atoms with Gasteiger partial charge in [-0.3, -0.25) is 0 Å². The van der Waals surface area contributed by atoms with Crippen LogP contribution < -0.4 is 9.47 Å². The van der Waals surface area contributed by atoms with Crippen LogP contribution in [-0.4, -0.2) is 18.7 Å². The Morgan fingerprint density at radius 1 is 1.54 bits per heavy atom. The molecule has 1 heterocycles. The molecule has 0 saturated carbocycles. The number of pyridine rings is 1. The number of ether oxygens (including phenoxy) is 2. The lowest BCUT2D eigenvalue weighted by Crippen LogP contribution is -1.98. The van der Waals surface area contributed by atoms with Crippen LogP contribution in [0.4, 0.5) is 0 Å². The summed E-state index contributed by atoms with van der Waals surface area (Å²) in [5.41, 5.74) is 0.879. The number of nitrogens with zero attached hydrogens (tertiary/aromatic N) is 1. The summed E-state index contributed by atoms with van der Waals surface area (Å²) in [5, 5.41) is 0.364. The summed E-state index contributed by atoms with van der Waals surface area (Å²) in [6.45, 7) is 4.41. The van der Waals surface area contributed by atoms with E-state index < -0.39 is 0 Å². The molecule has 0 bridgehead atoms. The average Bonchev–Trinajstić information content (AvgIpc) is 2.11. The quantitative estimate of drug-likeness (QED) is 0.704. The van der Waals surface area contributed by atoms with Gasteiger partial charge in [0, 0.05) is 5.56 Å². The molecule has 0 N–H and O–H groups in total. The largest absolute Gasteiger partial charge is 0.493 e. The van der Waals surface area contributed by atoms with Crippen LogP contribution in [-0.2, 0) is 0 Å². The van der Waals surface area contributed by atoms with Gasteiger partial charge in [-0.15, -0.1) is 0 Å². The highest BCUT2D eigenvalue weighted by Crippen LogP contribution is 2.32. The fourth-order valence-corrected chi connectivity index (χ4v) is 1.34. The van der Waals surface area contributed by atoms with Crippen LogP contribution in [0.2, 0.25) is 5.15 Å². The summed E-state index contributed by atoms with van der Waals surface area (Å²) in [5.74, 6) is 1.29. The van der Waals surface area contributed by atoms with E-state index in [9.17, 15) is 0 Å². The second-order valence-corrected chi connectivity index (χ2v) is 2.86. The summed E-state index contributed by atoms with van der Waals surface area (Å²) >= 11 is 5.81. The van der Waals surface area contributed by atoms with E-state index in [1.807, 2.05) is 13.8 Å². The molecule has 13 heavy (non-hydrogen) atoms. The van der Waals surface area contributed by atoms with Crippen molar-refractivity contribution in [3.05, 3.63) is 16.9 Å². The van der Waals surface area contributed by atoms with Crippen molar-refractivity contribution < 1.29 is 9.47 Å². The first-order valence-electron chi connectivity index (χ1n) is 4.02. The van der Waals surface area contributed by atoms with Crippen LogP contribution in [0, 0.1) is 6.92 Å². The molecule has 0 fully saturated rings. The van der Waals surface area contributed by atoms with Crippen LogP contribution in [0.5, 0.6) is 11.5 Å². The third kappa shape index (κ3) is 2.04. The maximum atomic E-state index is 5.81. The summed E-state index contributed by atoms with van der Waals surface area (Å²) in [4.78, 5) is 3.94. The normalized spacial score (nSPS) is 9.85. The van der Waals surface area contributed by atoms with E-state index in [2.05, 4.69) is 4.98 Å². The van der Waals surface area contributed by atoms with Gasteiger partial charge in [0.2, 0.25) is 0 Å². The first-order chi connectivity index (χ1) is 6.20. The van der Waals surface area contributed by atoms with Crippen LogP contribution in [0.3, 0.4) is 0 Å². The first-order valence-corrected chi connectivity index (χ1v) is 4.40. The van der Waals surface area contributed by atoms with Gasteiger partial charge in [-0.05, 0) is 13.8 Å². The van der Waals surface area contributed by atoms with E-state index >= 15 is 0 Å². The predicted octanol–water partition coefficient (Wildman–Crippen LogP) is 2.45. The van der Waals surface area contributed by atoms with Gasteiger partial charge in [0.15, 0.2) is 10.9 Å². The van der Waals surface area contributed by atoms with E-state index in [0.717, 1.165) is 5.56 Å². The molecular formula is C9H12ClNO2. The van der Waals surface area contributed by atoms with Crippen molar-refractivity contribution >= 4 is 11.6 Å². The van der Waals surface area contributed by atoms with Gasteiger partial charge in [0.05, 0.1) is 19.9 Å². The van der Waals surface area contributed by atoms with Gasteiger partial charge in [-0.2, -0.15) is 0 Å². The highest BCUT2D eigenvalue weighted by molar-refractivity contribution is 6.31. The average molecular weight is 202 g/mol. The van der Waals surface area contributed by atoms with Crippen molar-refractivity contribution in [3.8, 4) is 11.5 Å². The number of rotatable bonds is 3. The van der Waals surface area contributed by atoms with Crippen molar-refractivity contribution in [2.24, 2.45) is 0 Å². The van der Waals surface area contributed by atoms with E-state index in [1.54, 1.807) is 13.3 Å². The van der Waals surface area contributed by atoms with E-state index in [1.165, 1.54) is 0 Å². The zero-order valence-corrected chi connectivity index (χ0v) is 8.68. The standard InChI is InChI=1S/C9H12ClNO2/c1-4-13-7-5-11-9(10)8(12-3)6(7)2/h5H,4H2,1-3H3. The molecule has 0 saturated heterocycles. The molecule has 1 aromatic heterocycles. The fraction of sp³-hybridized carbons (Fsp3) is 0.444. The lowest BCUT2D eigenvalue weighted by molar-refractivity contribution is 0.331. The lowest BCUT2D eigenvalue weighted by Gasteiger charge is -2.10. The van der Waals surface area contributed by atoms with Gasteiger partial charge in [0.1, 0.15) is 5.75 Å². The Balaban J connectivity index is 3.11. The minimum Gasteiger partial charge on any atom is -0.493 e. The fourth-order valence-electron chi connectivity index (χ4n) is 1.08. The molecule has 0 aliphatic rings. The molecule has 72 valence electrons. The Hall–Kier alpha value is -0.960. The molecule has 4 heteroatoms. The summed E-state index contributed by atoms with van der Waals surface area (Å²) in [6, 6.07) is 0. The van der Waals surface area contributed by atoms with Crippen molar-refractivity contribution in [1.82, 2.24) is 4.98 Å². The van der Waals surface area contributed by atoms with Crippen LogP contribution in [0.15, 0.2) is 6.20 Å². The van der Waals surface area contributed by atoms with Crippen molar-refractivity contribution in [3.63, 3.8) is 0 Å². The lowest BCUT2D eigenvalue weighted by atomic mass is 10.2. The van der Waals surface area contributed by atoms with Crippen molar-refractivity contribution in [2.75, 3.05) is 13.7 Å². The SMILES string of the molecule is CCOc1cnc(Cl)c(OC)c1C. The number of hydrogen-bond donors (Lipinski definition) is 0. The van der Waals surface area contributed by atoms with Crippen molar-refractivity contribution in [1.29, 1.82) is 0 Å². The third-order valence-electron chi connectivity index (χ3n) is 1.70. The number of halogens is 1.